The summed E-state index contributed by atoms with van der Waals surface area (Å²) < 4.78 is 11.2. The van der Waals surface area contributed by atoms with Crippen LogP contribution in [0, 0.1) is 0 Å². The Kier molecular flexibility index (Phi) is 4.24. The number of nitrogens with one attached hydrogen (secondary N) is 1. The predicted octanol–water partition coefficient (Wildman–Crippen LogP) is 1.41. The van der Waals surface area contributed by atoms with Crippen LogP contribution >= 0.6 is 0 Å². The van der Waals surface area contributed by atoms with E-state index in [4.69, 9.17) is 9.47 Å². The zero-order valence-corrected chi connectivity index (χ0v) is 11.4. The third-order valence-electron chi connectivity index (χ3n) is 2.84. The molecule has 1 aromatic heterocycles. The monoisotopic (exact) mass is 276 g/mol. The van der Waals surface area contributed by atoms with E-state index in [0.29, 0.717) is 6.54 Å². The molecule has 0 radical (unpaired) electrons. The van der Waals surface area contributed by atoms with Crippen molar-refractivity contribution in [3.8, 4) is 5.75 Å². The molecule has 0 bridgehead atoms. The number of methoxy groups -OCH3 is 1. The van der Waals surface area contributed by atoms with Crippen molar-refractivity contribution in [2.24, 2.45) is 0 Å². The Bertz CT molecular complexity index is 640. The normalized spacial score (nSPS) is 10.3. The molecule has 6 nitrogen and oxygen atoms in total. The highest BCUT2D eigenvalue weighted by molar-refractivity contribution is 5.88. The summed E-state index contributed by atoms with van der Waals surface area (Å²) in [5.41, 5.74) is 0.546. The first-order chi connectivity index (χ1) is 9.65. The number of carbonyl (C=O) groups is 1. The van der Waals surface area contributed by atoms with Gasteiger partial charge in [-0.05, 0) is 24.6 Å². The zero-order chi connectivity index (χ0) is 14.5. The molecule has 1 heterocycles. The van der Waals surface area contributed by atoms with E-state index in [1.165, 1.54) is 10.9 Å². The molecule has 1 N–H and O–H groups in total. The van der Waals surface area contributed by atoms with Crippen molar-refractivity contribution in [3.05, 3.63) is 51.9 Å². The average Bonchev–Trinajstić information content (AvgIpc) is 2.81. The summed E-state index contributed by atoms with van der Waals surface area (Å²) in [6.07, 6.45) is 1.36. The van der Waals surface area contributed by atoms with E-state index in [-0.39, 0.29) is 17.7 Å². The third kappa shape index (κ3) is 2.90. The van der Waals surface area contributed by atoms with Gasteiger partial charge in [0.1, 0.15) is 11.3 Å². The Balaban J connectivity index is 2.17. The van der Waals surface area contributed by atoms with Crippen LogP contribution in [0.25, 0.3) is 0 Å². The first kappa shape index (κ1) is 13.9. The molecule has 6 heteroatoms. The number of aromatic nitrogens is 2. The number of rotatable bonds is 5. The second kappa shape index (κ2) is 6.10. The molecule has 0 amide bonds. The van der Waals surface area contributed by atoms with E-state index in [2.05, 4.69) is 5.10 Å². The Hall–Kier alpha value is -2.50. The first-order valence-electron chi connectivity index (χ1n) is 6.24. The van der Waals surface area contributed by atoms with Crippen molar-refractivity contribution in [3.63, 3.8) is 0 Å². The van der Waals surface area contributed by atoms with Crippen LogP contribution < -0.4 is 10.3 Å². The van der Waals surface area contributed by atoms with Gasteiger partial charge in [0, 0.05) is 6.20 Å². The van der Waals surface area contributed by atoms with Crippen LogP contribution in [0.5, 0.6) is 5.75 Å². The van der Waals surface area contributed by atoms with Crippen LogP contribution in [0.15, 0.2) is 35.3 Å². The second-order valence-corrected chi connectivity index (χ2v) is 4.15. The highest BCUT2D eigenvalue weighted by Crippen LogP contribution is 2.11. The number of nitrogens with zero attached hydrogens (tertiary/aromatic N) is 1. The second-order valence-electron chi connectivity index (χ2n) is 4.15. The number of ether oxygens (including phenoxy) is 2. The van der Waals surface area contributed by atoms with Crippen molar-refractivity contribution in [1.82, 2.24) is 9.78 Å². The van der Waals surface area contributed by atoms with E-state index in [0.717, 1.165) is 11.3 Å². The van der Waals surface area contributed by atoms with Gasteiger partial charge in [0.2, 0.25) is 0 Å². The van der Waals surface area contributed by atoms with E-state index in [9.17, 15) is 9.59 Å². The molecular weight excluding hydrogens is 260 g/mol. The molecule has 0 saturated heterocycles. The minimum absolute atomic E-state index is 0.0142. The number of benzene rings is 1. The molecule has 0 unspecified atom stereocenters. The molecule has 1 aromatic carbocycles. The SMILES string of the molecule is CCOC(=O)c1c[nH]n(Cc2ccc(OC)cc2)c1=O. The zero-order valence-electron chi connectivity index (χ0n) is 11.4. The van der Waals surface area contributed by atoms with Crippen LogP contribution in [-0.2, 0) is 11.3 Å². The quantitative estimate of drug-likeness (QED) is 0.838. The first-order valence-corrected chi connectivity index (χ1v) is 6.24. The van der Waals surface area contributed by atoms with Crippen molar-refractivity contribution < 1.29 is 14.3 Å². The van der Waals surface area contributed by atoms with Gasteiger partial charge < -0.3 is 14.6 Å². The molecule has 0 aliphatic heterocycles. The van der Waals surface area contributed by atoms with Gasteiger partial charge in [-0.1, -0.05) is 12.1 Å². The van der Waals surface area contributed by atoms with Crippen LogP contribution in [0.3, 0.4) is 0 Å². The number of hydrogen-bond acceptors (Lipinski definition) is 4. The predicted molar refractivity (Wildman–Crippen MR) is 73.1 cm³/mol. The van der Waals surface area contributed by atoms with Gasteiger partial charge in [-0.3, -0.25) is 4.79 Å². The lowest BCUT2D eigenvalue weighted by Gasteiger charge is -2.04. The van der Waals surface area contributed by atoms with Crippen molar-refractivity contribution in [2.45, 2.75) is 13.5 Å². The highest BCUT2D eigenvalue weighted by Gasteiger charge is 2.15. The maximum absolute atomic E-state index is 12.0. The fraction of sp³-hybridized carbons (Fsp3) is 0.286. The van der Waals surface area contributed by atoms with E-state index >= 15 is 0 Å². The summed E-state index contributed by atoms with van der Waals surface area (Å²) >= 11 is 0. The molecule has 106 valence electrons. The van der Waals surface area contributed by atoms with Gasteiger partial charge in [0.25, 0.3) is 5.56 Å². The van der Waals surface area contributed by atoms with Gasteiger partial charge in [0.15, 0.2) is 0 Å². The lowest BCUT2D eigenvalue weighted by molar-refractivity contribution is 0.0524. The molecule has 2 rings (SSSR count). The Morgan fingerprint density at radius 2 is 2.00 bits per heavy atom. The van der Waals surface area contributed by atoms with Gasteiger partial charge in [-0.15, -0.1) is 0 Å². The molecule has 20 heavy (non-hydrogen) atoms. The van der Waals surface area contributed by atoms with Gasteiger partial charge in [-0.25, -0.2) is 9.48 Å². The highest BCUT2D eigenvalue weighted by atomic mass is 16.5. The van der Waals surface area contributed by atoms with Crippen molar-refractivity contribution in [2.75, 3.05) is 13.7 Å². The molecule has 0 aliphatic carbocycles. The van der Waals surface area contributed by atoms with Crippen molar-refractivity contribution >= 4 is 5.97 Å². The maximum atomic E-state index is 12.0. The van der Waals surface area contributed by atoms with Crippen LogP contribution in [-0.4, -0.2) is 29.5 Å². The average molecular weight is 276 g/mol. The smallest absolute Gasteiger partial charge is 0.345 e. The topological polar surface area (TPSA) is 73.3 Å². The van der Waals surface area contributed by atoms with Crippen molar-refractivity contribution in [1.29, 1.82) is 0 Å². The molecule has 0 spiro atoms. The Morgan fingerprint density at radius 1 is 1.30 bits per heavy atom. The Labute approximate surface area is 115 Å². The lowest BCUT2D eigenvalue weighted by Crippen LogP contribution is -2.23. The third-order valence-corrected chi connectivity index (χ3v) is 2.84. The van der Waals surface area contributed by atoms with Gasteiger partial charge >= 0.3 is 5.97 Å². The van der Waals surface area contributed by atoms with Crippen LogP contribution in [0.2, 0.25) is 0 Å². The molecular formula is C14H16N2O4. The molecule has 0 saturated carbocycles. The number of aromatic amines is 1. The number of carbonyl (C=O) groups excluding carboxylic acids is 1. The standard InChI is InChI=1S/C14H16N2O4/c1-3-20-14(18)12-8-15-16(13(12)17)9-10-4-6-11(19-2)7-5-10/h4-8,15H,3,9H2,1-2H3. The summed E-state index contributed by atoms with van der Waals surface area (Å²) in [7, 11) is 1.59. The van der Waals surface area contributed by atoms with E-state index < -0.39 is 5.97 Å². The summed E-state index contributed by atoms with van der Waals surface area (Å²) in [5.74, 6) is 0.141. The summed E-state index contributed by atoms with van der Waals surface area (Å²) in [6.45, 7) is 2.28. The van der Waals surface area contributed by atoms with Gasteiger partial charge in [-0.2, -0.15) is 0 Å². The lowest BCUT2D eigenvalue weighted by atomic mass is 10.2. The van der Waals surface area contributed by atoms with Gasteiger partial charge in [0.05, 0.1) is 20.3 Å². The fourth-order valence-electron chi connectivity index (χ4n) is 1.79. The van der Waals surface area contributed by atoms with E-state index in [1.54, 1.807) is 14.0 Å². The molecule has 0 atom stereocenters. The summed E-state index contributed by atoms with van der Waals surface area (Å²) in [5, 5.41) is 2.76. The number of H-pyrrole nitrogens is 1. The fourth-order valence-corrected chi connectivity index (χ4v) is 1.79. The van der Waals surface area contributed by atoms with Crippen LogP contribution in [0.1, 0.15) is 22.8 Å². The van der Waals surface area contributed by atoms with Crippen LogP contribution in [0.4, 0.5) is 0 Å². The Morgan fingerprint density at radius 3 is 2.60 bits per heavy atom. The molecule has 2 aromatic rings. The molecule has 0 fully saturated rings. The van der Waals surface area contributed by atoms with E-state index in [1.807, 2.05) is 24.3 Å². The largest absolute Gasteiger partial charge is 0.497 e. The minimum atomic E-state index is -0.609. The number of esters is 1. The molecule has 0 aliphatic rings. The summed E-state index contributed by atoms with van der Waals surface area (Å²) in [6, 6.07) is 7.34. The number of hydrogen-bond donors (Lipinski definition) is 1. The minimum Gasteiger partial charge on any atom is -0.497 e. The maximum Gasteiger partial charge on any atom is 0.345 e. The summed E-state index contributed by atoms with van der Waals surface area (Å²) in [4.78, 5) is 23.6.